The fraction of sp³-hybridized carbons (Fsp3) is 0.741. The highest BCUT2D eigenvalue weighted by Crippen LogP contribution is 2.75. The lowest BCUT2D eigenvalue weighted by atomic mass is 9.50. The summed E-state index contributed by atoms with van der Waals surface area (Å²) in [5.74, 6) is -2.38. The Labute approximate surface area is 215 Å². The number of carbonyl (C=O) groups excluding carboxylic acids is 3. The maximum absolute atomic E-state index is 13.0. The number of hydrogen-bond acceptors (Lipinski definition) is 10. The molecule has 0 aromatic carbocycles. The van der Waals surface area contributed by atoms with Crippen molar-refractivity contribution in [2.24, 2.45) is 16.7 Å². The molecule has 0 aromatic heterocycles. The second kappa shape index (κ2) is 8.36. The average Bonchev–Trinajstić information content (AvgIpc) is 3.77. The number of fused-ring (bicyclic) bond motifs is 2. The lowest BCUT2D eigenvalue weighted by Gasteiger charge is -2.58. The quantitative estimate of drug-likeness (QED) is 0.285. The van der Waals surface area contributed by atoms with Gasteiger partial charge in [-0.2, -0.15) is 0 Å². The van der Waals surface area contributed by atoms with Crippen LogP contribution in [0.3, 0.4) is 0 Å². The van der Waals surface area contributed by atoms with Gasteiger partial charge in [-0.15, -0.1) is 0 Å². The van der Waals surface area contributed by atoms with E-state index in [0.717, 1.165) is 6.42 Å². The Morgan fingerprint density at radius 2 is 1.68 bits per heavy atom. The molecule has 202 valence electrons. The van der Waals surface area contributed by atoms with Crippen LogP contribution >= 0.6 is 0 Å². The summed E-state index contributed by atoms with van der Waals surface area (Å²) < 4.78 is 35.9. The Hall–Kier alpha value is -2.27. The zero-order valence-corrected chi connectivity index (χ0v) is 21.3. The molecule has 2 spiro atoms. The Balaban J connectivity index is 1.37. The van der Waals surface area contributed by atoms with Crippen molar-refractivity contribution in [1.82, 2.24) is 0 Å². The molecular formula is C27H34O10. The number of ether oxygens (including phenoxy) is 6. The van der Waals surface area contributed by atoms with E-state index >= 15 is 0 Å². The molecule has 4 aliphatic heterocycles. The van der Waals surface area contributed by atoms with E-state index in [1.807, 2.05) is 0 Å². The molecule has 4 heterocycles. The van der Waals surface area contributed by atoms with Gasteiger partial charge >= 0.3 is 17.9 Å². The molecule has 5 fully saturated rings. The van der Waals surface area contributed by atoms with E-state index in [0.29, 0.717) is 19.4 Å². The Morgan fingerprint density at radius 3 is 2.41 bits per heavy atom. The zero-order chi connectivity index (χ0) is 26.2. The fourth-order valence-corrected chi connectivity index (χ4v) is 7.36. The largest absolute Gasteiger partial charge is 0.463 e. The molecule has 6 rings (SSSR count). The topological polar surface area (TPSA) is 133 Å². The van der Waals surface area contributed by atoms with Gasteiger partial charge in [0.15, 0.2) is 6.10 Å². The average molecular weight is 519 g/mol. The minimum atomic E-state index is -1.38. The summed E-state index contributed by atoms with van der Waals surface area (Å²) in [5.41, 5.74) is -2.40. The first-order chi connectivity index (χ1) is 17.6. The predicted octanol–water partition coefficient (Wildman–Crippen LogP) is 1.38. The number of aliphatic hydroxyl groups is 1. The van der Waals surface area contributed by atoms with Crippen molar-refractivity contribution in [2.75, 3.05) is 19.8 Å². The standard InChI is InChI=1S/C27H34O10/c1-15-8-11-32-18(28)6-4-5-7-19(29)35-16-12-17-27(14-34-27)25(16,3)26(13-33-23(31)20(15)30)10-9-24(2)21(37-24)22(26)36-17/h4-7,15-17,20-22,30H,8-14H2,1-3H3/b6-4+,7-5+/t15-,16-,17-,20+,21+,22-,24?,25-,26?,27-/m1/s1. The number of carbonyl (C=O) groups is 3. The van der Waals surface area contributed by atoms with E-state index in [2.05, 4.69) is 13.8 Å². The van der Waals surface area contributed by atoms with Crippen LogP contribution in [0.2, 0.25) is 0 Å². The minimum Gasteiger partial charge on any atom is -0.463 e. The molecule has 2 aliphatic carbocycles. The van der Waals surface area contributed by atoms with Crippen molar-refractivity contribution in [3.63, 3.8) is 0 Å². The van der Waals surface area contributed by atoms with Crippen molar-refractivity contribution in [2.45, 2.75) is 88.2 Å². The van der Waals surface area contributed by atoms with Crippen molar-refractivity contribution < 1.29 is 47.9 Å². The van der Waals surface area contributed by atoms with Crippen LogP contribution in [0.5, 0.6) is 0 Å². The summed E-state index contributed by atoms with van der Waals surface area (Å²) in [4.78, 5) is 37.7. The van der Waals surface area contributed by atoms with Gasteiger partial charge in [-0.25, -0.2) is 14.4 Å². The summed E-state index contributed by atoms with van der Waals surface area (Å²) >= 11 is 0. The van der Waals surface area contributed by atoms with Crippen LogP contribution < -0.4 is 0 Å². The first-order valence-electron chi connectivity index (χ1n) is 13.1. The number of hydrogen-bond donors (Lipinski definition) is 1. The maximum Gasteiger partial charge on any atom is 0.335 e. The molecule has 0 aromatic rings. The Bertz CT molecular complexity index is 1060. The summed E-state index contributed by atoms with van der Waals surface area (Å²) in [6.45, 7) is 6.30. The van der Waals surface area contributed by atoms with Gasteiger partial charge in [0, 0.05) is 24.0 Å². The summed E-state index contributed by atoms with van der Waals surface area (Å²) in [6.07, 6.45) is 4.66. The van der Waals surface area contributed by atoms with Crippen molar-refractivity contribution in [3.8, 4) is 0 Å². The minimum absolute atomic E-state index is 0.0217. The molecule has 2 bridgehead atoms. The molecule has 10 nitrogen and oxygen atoms in total. The summed E-state index contributed by atoms with van der Waals surface area (Å²) in [5, 5.41) is 10.7. The highest BCUT2D eigenvalue weighted by atomic mass is 16.7. The third-order valence-corrected chi connectivity index (χ3v) is 10.0. The zero-order valence-electron chi connectivity index (χ0n) is 21.3. The number of allylic oxidation sites excluding steroid dienone is 2. The number of rotatable bonds is 0. The van der Waals surface area contributed by atoms with Crippen LogP contribution in [0.4, 0.5) is 0 Å². The van der Waals surface area contributed by atoms with Crippen LogP contribution in [-0.4, -0.2) is 84.6 Å². The monoisotopic (exact) mass is 518 g/mol. The first-order valence-corrected chi connectivity index (χ1v) is 13.1. The molecule has 3 saturated heterocycles. The van der Waals surface area contributed by atoms with E-state index < -0.39 is 52.5 Å². The normalized spacial score (nSPS) is 52.9. The van der Waals surface area contributed by atoms with Crippen molar-refractivity contribution in [1.29, 1.82) is 0 Å². The second-order valence-corrected chi connectivity index (χ2v) is 11.8. The molecule has 37 heavy (non-hydrogen) atoms. The van der Waals surface area contributed by atoms with Gasteiger partial charge < -0.3 is 33.5 Å². The van der Waals surface area contributed by atoms with Crippen LogP contribution in [0.15, 0.2) is 24.3 Å². The van der Waals surface area contributed by atoms with Crippen LogP contribution in [0.25, 0.3) is 0 Å². The highest BCUT2D eigenvalue weighted by molar-refractivity contribution is 5.84. The molecular weight excluding hydrogens is 484 g/mol. The van der Waals surface area contributed by atoms with Gasteiger partial charge in [0.2, 0.25) is 0 Å². The van der Waals surface area contributed by atoms with E-state index in [9.17, 15) is 19.5 Å². The van der Waals surface area contributed by atoms with Gasteiger partial charge in [0.1, 0.15) is 24.4 Å². The highest BCUT2D eigenvalue weighted by Gasteiger charge is 2.86. The van der Waals surface area contributed by atoms with E-state index in [1.54, 1.807) is 6.92 Å². The second-order valence-electron chi connectivity index (χ2n) is 11.8. The van der Waals surface area contributed by atoms with Gasteiger partial charge in [-0.3, -0.25) is 0 Å². The maximum atomic E-state index is 13.0. The lowest BCUT2D eigenvalue weighted by molar-refractivity contribution is -0.252. The van der Waals surface area contributed by atoms with Crippen molar-refractivity contribution in [3.05, 3.63) is 24.3 Å². The lowest BCUT2D eigenvalue weighted by Crippen LogP contribution is -2.69. The third-order valence-electron chi connectivity index (χ3n) is 10.0. The van der Waals surface area contributed by atoms with Crippen LogP contribution in [0, 0.1) is 16.7 Å². The molecule has 2 saturated carbocycles. The summed E-state index contributed by atoms with van der Waals surface area (Å²) in [6, 6.07) is 0. The Morgan fingerprint density at radius 1 is 0.946 bits per heavy atom. The fourth-order valence-electron chi connectivity index (χ4n) is 7.36. The number of epoxide rings is 2. The number of esters is 3. The first kappa shape index (κ1) is 25.0. The van der Waals surface area contributed by atoms with E-state index in [-0.39, 0.29) is 43.5 Å². The van der Waals surface area contributed by atoms with Gasteiger partial charge in [-0.05, 0) is 32.1 Å². The molecule has 0 amide bonds. The summed E-state index contributed by atoms with van der Waals surface area (Å²) in [7, 11) is 0. The van der Waals surface area contributed by atoms with E-state index in [1.165, 1.54) is 24.3 Å². The van der Waals surface area contributed by atoms with E-state index in [4.69, 9.17) is 28.4 Å². The third kappa shape index (κ3) is 3.56. The van der Waals surface area contributed by atoms with Crippen molar-refractivity contribution >= 4 is 17.9 Å². The Kier molecular flexibility index (Phi) is 5.66. The van der Waals surface area contributed by atoms with Gasteiger partial charge in [-0.1, -0.05) is 26.0 Å². The van der Waals surface area contributed by atoms with Crippen LogP contribution in [0.1, 0.15) is 46.5 Å². The number of cyclic esters (lactones) is 2. The SMILES string of the molecule is C[C@@H]1CCOC(=O)/C=C/C=C/C(=O)O[C@@H]2C[C@H]3O[C@@H]4[C@@H]5OC5(C)CCC4(COC(=O)[C@H]1O)[C@]2(C)[C@@]31CO1. The predicted molar refractivity (Wildman–Crippen MR) is 125 cm³/mol. The van der Waals surface area contributed by atoms with Crippen LogP contribution in [-0.2, 0) is 42.8 Å². The number of aliphatic hydroxyl groups excluding tert-OH is 1. The smallest absolute Gasteiger partial charge is 0.335 e. The van der Waals surface area contributed by atoms with Gasteiger partial charge in [0.25, 0.3) is 0 Å². The molecule has 6 aliphatic rings. The molecule has 0 radical (unpaired) electrons. The van der Waals surface area contributed by atoms with Gasteiger partial charge in [0.05, 0.1) is 36.4 Å². The molecule has 10 heteroatoms. The molecule has 1 N–H and O–H groups in total. The molecule has 10 atom stereocenters. The molecule has 2 unspecified atom stereocenters.